The van der Waals surface area contributed by atoms with Gasteiger partial charge in [-0.05, 0) is 23.7 Å². The molecule has 0 aromatic heterocycles. The van der Waals surface area contributed by atoms with E-state index in [0.717, 1.165) is 6.42 Å². The Morgan fingerprint density at radius 2 is 2.14 bits per heavy atom. The van der Waals surface area contributed by atoms with E-state index >= 15 is 0 Å². The first-order valence-corrected chi connectivity index (χ1v) is 5.20. The topological polar surface area (TPSA) is 35.5 Å². The molecule has 0 spiro atoms. The second-order valence-electron chi connectivity index (χ2n) is 5.00. The van der Waals surface area contributed by atoms with Gasteiger partial charge in [0.15, 0.2) is 5.78 Å². The Morgan fingerprint density at radius 3 is 2.79 bits per heavy atom. The van der Waals surface area contributed by atoms with Crippen LogP contribution in [0.25, 0.3) is 0 Å². The average Bonchev–Trinajstić information content (AvgIpc) is 2.65. The monoisotopic (exact) mass is 198 g/mol. The van der Waals surface area contributed by atoms with Gasteiger partial charge in [0.05, 0.1) is 0 Å². The third-order valence-electron chi connectivity index (χ3n) is 3.92. The summed E-state index contributed by atoms with van der Waals surface area (Å²) in [5.41, 5.74) is 0.362. The molecule has 3 atom stereocenters. The highest BCUT2D eigenvalue weighted by Gasteiger charge is 2.61. The third kappa shape index (κ3) is 1.48. The molecule has 2 fully saturated rings. The minimum Gasteiger partial charge on any atom is -0.359 e. The quantitative estimate of drug-likeness (QED) is 0.646. The zero-order valence-corrected chi connectivity index (χ0v) is 9.08. The molecule has 0 aromatic rings. The van der Waals surface area contributed by atoms with Crippen molar-refractivity contribution in [1.82, 2.24) is 0 Å². The van der Waals surface area contributed by atoms with Crippen LogP contribution in [0, 0.1) is 17.3 Å². The fourth-order valence-electron chi connectivity index (χ4n) is 2.75. The van der Waals surface area contributed by atoms with Gasteiger partial charge in [0, 0.05) is 13.5 Å². The van der Waals surface area contributed by atoms with Crippen LogP contribution in [0.3, 0.4) is 0 Å². The Kier molecular flexibility index (Phi) is 2.40. The van der Waals surface area contributed by atoms with Crippen molar-refractivity contribution in [2.75, 3.05) is 13.9 Å². The van der Waals surface area contributed by atoms with Crippen molar-refractivity contribution in [2.24, 2.45) is 17.3 Å². The van der Waals surface area contributed by atoms with Gasteiger partial charge < -0.3 is 9.47 Å². The van der Waals surface area contributed by atoms with Gasteiger partial charge in [-0.3, -0.25) is 4.79 Å². The molecule has 0 N–H and O–H groups in total. The highest BCUT2D eigenvalue weighted by Crippen LogP contribution is 2.64. The Bertz CT molecular complexity index is 247. The Balaban J connectivity index is 1.93. The van der Waals surface area contributed by atoms with Gasteiger partial charge in [-0.15, -0.1) is 0 Å². The molecule has 0 unspecified atom stereocenters. The van der Waals surface area contributed by atoms with E-state index in [1.807, 2.05) is 0 Å². The fourth-order valence-corrected chi connectivity index (χ4v) is 2.75. The van der Waals surface area contributed by atoms with Crippen molar-refractivity contribution in [3.8, 4) is 0 Å². The minimum atomic E-state index is -0.210. The van der Waals surface area contributed by atoms with Gasteiger partial charge in [-0.1, -0.05) is 13.8 Å². The predicted octanol–water partition coefficient (Wildman–Crippen LogP) is 1.61. The molecule has 0 saturated heterocycles. The summed E-state index contributed by atoms with van der Waals surface area (Å²) in [6.07, 6.45) is 1.38. The van der Waals surface area contributed by atoms with Crippen molar-refractivity contribution in [3.05, 3.63) is 0 Å². The van der Waals surface area contributed by atoms with Crippen LogP contribution in [0.1, 0.15) is 26.7 Å². The molecule has 2 aliphatic carbocycles. The highest BCUT2D eigenvalue weighted by molar-refractivity contribution is 5.85. The largest absolute Gasteiger partial charge is 0.359 e. The maximum Gasteiger partial charge on any atom is 0.161 e. The first-order valence-electron chi connectivity index (χ1n) is 5.20. The normalized spacial score (nSPS) is 39.4. The molecule has 0 radical (unpaired) electrons. The van der Waals surface area contributed by atoms with E-state index in [4.69, 9.17) is 9.47 Å². The SMILES string of the molecule is COCO[C@@H]1C[C@@H]2[C@H](CC1=O)C2(C)C. The van der Waals surface area contributed by atoms with Gasteiger partial charge in [-0.25, -0.2) is 0 Å². The summed E-state index contributed by atoms with van der Waals surface area (Å²) in [5, 5.41) is 0. The maximum atomic E-state index is 11.6. The molecular weight excluding hydrogens is 180 g/mol. The van der Waals surface area contributed by atoms with Crippen molar-refractivity contribution < 1.29 is 14.3 Å². The molecule has 3 heteroatoms. The predicted molar refractivity (Wildman–Crippen MR) is 51.8 cm³/mol. The van der Waals surface area contributed by atoms with E-state index in [0.29, 0.717) is 23.7 Å². The van der Waals surface area contributed by atoms with Crippen molar-refractivity contribution in [2.45, 2.75) is 32.8 Å². The van der Waals surface area contributed by atoms with Crippen LogP contribution in [0.4, 0.5) is 0 Å². The van der Waals surface area contributed by atoms with Crippen molar-refractivity contribution in [3.63, 3.8) is 0 Å². The molecule has 2 rings (SSSR count). The first-order chi connectivity index (χ1) is 6.57. The molecule has 0 bridgehead atoms. The van der Waals surface area contributed by atoms with Crippen LogP contribution in [0.15, 0.2) is 0 Å². The average molecular weight is 198 g/mol. The van der Waals surface area contributed by atoms with Gasteiger partial charge in [0.1, 0.15) is 12.9 Å². The Hall–Kier alpha value is -0.410. The number of Topliss-reactive ketones (excluding diaryl/α,β-unsaturated/α-hetero) is 1. The van der Waals surface area contributed by atoms with Crippen LogP contribution in [-0.2, 0) is 14.3 Å². The number of hydrogen-bond acceptors (Lipinski definition) is 3. The fraction of sp³-hybridized carbons (Fsp3) is 0.909. The van der Waals surface area contributed by atoms with Crippen LogP contribution in [0.5, 0.6) is 0 Å². The second kappa shape index (κ2) is 3.31. The molecule has 2 saturated carbocycles. The first kappa shape index (κ1) is 10.1. The van der Waals surface area contributed by atoms with E-state index in [1.165, 1.54) is 0 Å². The standard InChI is InChI=1S/C11H18O3/c1-11(2)7-4-9(12)10(5-8(7)11)14-6-13-3/h7-8,10H,4-6H2,1-3H3/t7-,8+,10+/m0/s1. The third-order valence-corrected chi connectivity index (χ3v) is 3.92. The van der Waals surface area contributed by atoms with Gasteiger partial charge >= 0.3 is 0 Å². The van der Waals surface area contributed by atoms with Crippen LogP contribution < -0.4 is 0 Å². The van der Waals surface area contributed by atoms with Gasteiger partial charge in [0.2, 0.25) is 0 Å². The number of rotatable bonds is 3. The maximum absolute atomic E-state index is 11.6. The number of ketones is 1. The van der Waals surface area contributed by atoms with E-state index < -0.39 is 0 Å². The Morgan fingerprint density at radius 1 is 1.43 bits per heavy atom. The molecular formula is C11H18O3. The summed E-state index contributed by atoms with van der Waals surface area (Å²) in [4.78, 5) is 11.6. The zero-order valence-electron chi connectivity index (χ0n) is 9.08. The second-order valence-corrected chi connectivity index (χ2v) is 5.00. The van der Waals surface area contributed by atoms with Crippen LogP contribution >= 0.6 is 0 Å². The van der Waals surface area contributed by atoms with Crippen molar-refractivity contribution >= 4 is 5.78 Å². The lowest BCUT2D eigenvalue weighted by Crippen LogP contribution is -2.29. The van der Waals surface area contributed by atoms with Crippen LogP contribution in [-0.4, -0.2) is 25.8 Å². The van der Waals surface area contributed by atoms with E-state index in [1.54, 1.807) is 7.11 Å². The molecule has 0 heterocycles. The number of methoxy groups -OCH3 is 1. The molecule has 14 heavy (non-hydrogen) atoms. The molecule has 0 aliphatic heterocycles. The van der Waals surface area contributed by atoms with E-state index in [-0.39, 0.29) is 18.7 Å². The zero-order chi connectivity index (χ0) is 10.3. The molecule has 80 valence electrons. The van der Waals surface area contributed by atoms with Crippen molar-refractivity contribution in [1.29, 1.82) is 0 Å². The lowest BCUT2D eigenvalue weighted by molar-refractivity contribution is -0.143. The number of fused-ring (bicyclic) bond motifs is 1. The number of hydrogen-bond donors (Lipinski definition) is 0. The summed E-state index contributed by atoms with van der Waals surface area (Å²) in [6.45, 7) is 4.72. The van der Waals surface area contributed by atoms with Crippen LogP contribution in [0.2, 0.25) is 0 Å². The van der Waals surface area contributed by atoms with E-state index in [2.05, 4.69) is 13.8 Å². The number of ether oxygens (including phenoxy) is 2. The lowest BCUT2D eigenvalue weighted by atomic mass is 9.96. The molecule has 0 aromatic carbocycles. The smallest absolute Gasteiger partial charge is 0.161 e. The number of carbonyl (C=O) groups excluding carboxylic acids is 1. The summed E-state index contributed by atoms with van der Waals surface area (Å²) in [5.74, 6) is 1.55. The molecule has 2 aliphatic rings. The van der Waals surface area contributed by atoms with E-state index in [9.17, 15) is 4.79 Å². The van der Waals surface area contributed by atoms with Gasteiger partial charge in [0.25, 0.3) is 0 Å². The molecule has 3 nitrogen and oxygen atoms in total. The lowest BCUT2D eigenvalue weighted by Gasteiger charge is -2.19. The Labute approximate surface area is 84.8 Å². The minimum absolute atomic E-state index is 0.210. The highest BCUT2D eigenvalue weighted by atomic mass is 16.7. The summed E-state index contributed by atoms with van der Waals surface area (Å²) >= 11 is 0. The summed E-state index contributed by atoms with van der Waals surface area (Å²) in [7, 11) is 1.58. The summed E-state index contributed by atoms with van der Waals surface area (Å²) < 4.78 is 10.2. The molecule has 0 amide bonds. The number of carbonyl (C=O) groups is 1. The summed E-state index contributed by atoms with van der Waals surface area (Å²) in [6, 6.07) is 0. The van der Waals surface area contributed by atoms with Gasteiger partial charge in [-0.2, -0.15) is 0 Å².